The minimum Gasteiger partial charge on any atom is -0.493 e. The Kier molecular flexibility index (Phi) is 9.42. The van der Waals surface area contributed by atoms with Crippen molar-refractivity contribution in [1.82, 2.24) is 10.0 Å². The average molecular weight is 464 g/mol. The van der Waals surface area contributed by atoms with Crippen LogP contribution in [0.4, 0.5) is 5.69 Å². The molecule has 2 aromatic rings. The fourth-order valence-electron chi connectivity index (χ4n) is 2.74. The number of nitrogens with one attached hydrogen (secondary N) is 3. The lowest BCUT2D eigenvalue weighted by molar-refractivity contribution is 0.0973. The third kappa shape index (κ3) is 7.93. The van der Waals surface area contributed by atoms with Crippen molar-refractivity contribution in [1.29, 1.82) is 0 Å². The first-order chi connectivity index (χ1) is 14.7. The summed E-state index contributed by atoms with van der Waals surface area (Å²) >= 11 is 5.23. The van der Waals surface area contributed by atoms with E-state index >= 15 is 0 Å². The van der Waals surface area contributed by atoms with Gasteiger partial charge in [0.15, 0.2) is 5.11 Å². The van der Waals surface area contributed by atoms with Crippen LogP contribution in [-0.4, -0.2) is 32.1 Å². The number of rotatable bonds is 10. The number of sulfonamides is 1. The highest BCUT2D eigenvalue weighted by atomic mass is 32.2. The van der Waals surface area contributed by atoms with E-state index in [1.54, 1.807) is 44.2 Å². The number of unbranched alkanes of at least 4 members (excludes halogenated alkanes) is 2. The van der Waals surface area contributed by atoms with Crippen LogP contribution >= 0.6 is 12.2 Å². The zero-order valence-electron chi connectivity index (χ0n) is 18.0. The molecule has 0 aliphatic carbocycles. The van der Waals surface area contributed by atoms with Gasteiger partial charge in [0.1, 0.15) is 5.75 Å². The van der Waals surface area contributed by atoms with Crippen LogP contribution < -0.4 is 20.1 Å². The molecule has 3 N–H and O–H groups in total. The van der Waals surface area contributed by atoms with Crippen molar-refractivity contribution in [2.75, 3.05) is 11.9 Å². The fraction of sp³-hybridized carbons (Fsp3) is 0.364. The van der Waals surface area contributed by atoms with Crippen molar-refractivity contribution < 1.29 is 17.9 Å². The Morgan fingerprint density at radius 3 is 2.39 bits per heavy atom. The maximum atomic E-state index is 12.6. The van der Waals surface area contributed by atoms with Crippen LogP contribution in [-0.2, 0) is 10.0 Å². The molecule has 0 fully saturated rings. The Morgan fingerprint density at radius 1 is 1.06 bits per heavy atom. The lowest BCUT2D eigenvalue weighted by atomic mass is 10.2. The summed E-state index contributed by atoms with van der Waals surface area (Å²) in [5, 5.41) is 5.61. The van der Waals surface area contributed by atoms with E-state index in [0.29, 0.717) is 23.6 Å². The standard InChI is InChI=1S/C22H29N3O4S2/c1-4-5-8-15-29-20-10-7-6-9-19(20)21(26)24-22(30)23-17-11-13-18(14-12-17)31(27,28)25-16(2)3/h6-7,9-14,16,25H,4-5,8,15H2,1-3H3,(H2,23,24,26,30). The molecule has 9 heteroatoms. The van der Waals surface area contributed by atoms with E-state index in [9.17, 15) is 13.2 Å². The molecule has 1 amide bonds. The van der Waals surface area contributed by atoms with Gasteiger partial charge in [0.2, 0.25) is 10.0 Å². The van der Waals surface area contributed by atoms with Crippen molar-refractivity contribution >= 4 is 38.9 Å². The molecule has 0 atom stereocenters. The second kappa shape index (κ2) is 11.8. The number of ether oxygens (including phenoxy) is 1. The predicted octanol–water partition coefficient (Wildman–Crippen LogP) is 4.07. The molecule has 31 heavy (non-hydrogen) atoms. The van der Waals surface area contributed by atoms with Gasteiger partial charge in [0.05, 0.1) is 17.1 Å². The predicted molar refractivity (Wildman–Crippen MR) is 127 cm³/mol. The average Bonchev–Trinajstić information content (AvgIpc) is 2.71. The number of anilines is 1. The van der Waals surface area contributed by atoms with E-state index in [2.05, 4.69) is 22.3 Å². The van der Waals surface area contributed by atoms with Crippen LogP contribution in [0.2, 0.25) is 0 Å². The van der Waals surface area contributed by atoms with Gasteiger partial charge in [-0.3, -0.25) is 10.1 Å². The number of hydrogen-bond acceptors (Lipinski definition) is 5. The molecule has 0 radical (unpaired) electrons. The third-order valence-corrected chi connectivity index (χ3v) is 6.06. The van der Waals surface area contributed by atoms with Gasteiger partial charge in [-0.1, -0.05) is 31.9 Å². The van der Waals surface area contributed by atoms with Crippen molar-refractivity contribution in [2.45, 2.75) is 51.0 Å². The van der Waals surface area contributed by atoms with Crippen LogP contribution in [0.25, 0.3) is 0 Å². The monoisotopic (exact) mass is 463 g/mol. The van der Waals surface area contributed by atoms with E-state index in [0.717, 1.165) is 19.3 Å². The molecule has 0 aliphatic heterocycles. The number of thiocarbonyl (C=S) groups is 1. The van der Waals surface area contributed by atoms with Crippen molar-refractivity contribution in [2.24, 2.45) is 0 Å². The van der Waals surface area contributed by atoms with E-state index in [1.807, 2.05) is 6.07 Å². The first kappa shape index (κ1) is 24.8. The van der Waals surface area contributed by atoms with Gasteiger partial charge in [-0.05, 0) is 68.9 Å². The molecule has 0 unspecified atom stereocenters. The molecule has 0 saturated carbocycles. The van der Waals surface area contributed by atoms with E-state index < -0.39 is 10.0 Å². The topological polar surface area (TPSA) is 96.5 Å². The lowest BCUT2D eigenvalue weighted by Crippen LogP contribution is -2.34. The van der Waals surface area contributed by atoms with Crippen molar-refractivity contribution in [3.63, 3.8) is 0 Å². The molecule has 2 aromatic carbocycles. The van der Waals surface area contributed by atoms with E-state index in [4.69, 9.17) is 17.0 Å². The maximum absolute atomic E-state index is 12.6. The van der Waals surface area contributed by atoms with E-state index in [-0.39, 0.29) is 22.0 Å². The summed E-state index contributed by atoms with van der Waals surface area (Å²) in [6, 6.07) is 12.9. The number of amides is 1. The van der Waals surface area contributed by atoms with Gasteiger partial charge in [0, 0.05) is 11.7 Å². The highest BCUT2D eigenvalue weighted by Crippen LogP contribution is 2.19. The highest BCUT2D eigenvalue weighted by molar-refractivity contribution is 7.89. The second-order valence-corrected chi connectivity index (χ2v) is 9.38. The van der Waals surface area contributed by atoms with Crippen LogP contribution in [0.15, 0.2) is 53.4 Å². The van der Waals surface area contributed by atoms with E-state index in [1.165, 1.54) is 12.1 Å². The van der Waals surface area contributed by atoms with Crippen molar-refractivity contribution in [3.8, 4) is 5.75 Å². The molecule has 168 valence electrons. The highest BCUT2D eigenvalue weighted by Gasteiger charge is 2.16. The van der Waals surface area contributed by atoms with Crippen LogP contribution in [0.1, 0.15) is 50.4 Å². The van der Waals surface area contributed by atoms with Crippen LogP contribution in [0.5, 0.6) is 5.75 Å². The Bertz CT molecular complexity index is 990. The summed E-state index contributed by atoms with van der Waals surface area (Å²) in [7, 11) is -3.57. The normalized spacial score (nSPS) is 11.2. The summed E-state index contributed by atoms with van der Waals surface area (Å²) in [6.45, 7) is 6.16. The fourth-order valence-corrected chi connectivity index (χ4v) is 4.20. The smallest absolute Gasteiger partial charge is 0.261 e. The van der Waals surface area contributed by atoms with Crippen molar-refractivity contribution in [3.05, 3.63) is 54.1 Å². The molecule has 0 saturated heterocycles. The third-order valence-electron chi connectivity index (χ3n) is 4.18. The first-order valence-electron chi connectivity index (χ1n) is 10.2. The summed E-state index contributed by atoms with van der Waals surface area (Å²) in [4.78, 5) is 12.8. The van der Waals surface area contributed by atoms with Gasteiger partial charge < -0.3 is 10.1 Å². The zero-order valence-corrected chi connectivity index (χ0v) is 19.6. The zero-order chi connectivity index (χ0) is 22.9. The Hall–Kier alpha value is -2.49. The molecule has 0 aliphatic rings. The lowest BCUT2D eigenvalue weighted by Gasteiger charge is -2.13. The van der Waals surface area contributed by atoms with Crippen LogP contribution in [0, 0.1) is 0 Å². The second-order valence-electron chi connectivity index (χ2n) is 7.26. The van der Waals surface area contributed by atoms with Crippen LogP contribution in [0.3, 0.4) is 0 Å². The van der Waals surface area contributed by atoms with Gasteiger partial charge in [-0.25, -0.2) is 13.1 Å². The molecule has 0 heterocycles. The summed E-state index contributed by atoms with van der Waals surface area (Å²) in [5.74, 6) is 0.120. The molecule has 0 bridgehead atoms. The minimum atomic E-state index is -3.57. The molecule has 7 nitrogen and oxygen atoms in total. The molecule has 0 spiro atoms. The summed E-state index contributed by atoms with van der Waals surface area (Å²) in [5.41, 5.74) is 0.947. The Balaban J connectivity index is 1.98. The SMILES string of the molecule is CCCCCOc1ccccc1C(=O)NC(=S)Nc1ccc(S(=O)(=O)NC(C)C)cc1. The Morgan fingerprint density at radius 2 is 1.74 bits per heavy atom. The van der Waals surface area contributed by atoms with Gasteiger partial charge in [-0.2, -0.15) is 0 Å². The number of carbonyl (C=O) groups excluding carboxylic acids is 1. The molecular weight excluding hydrogens is 434 g/mol. The molecule has 2 rings (SSSR count). The largest absolute Gasteiger partial charge is 0.493 e. The Labute approximate surface area is 189 Å². The molecular formula is C22H29N3O4S2. The number of hydrogen-bond donors (Lipinski definition) is 3. The number of benzene rings is 2. The van der Waals surface area contributed by atoms with Gasteiger partial charge in [-0.15, -0.1) is 0 Å². The summed E-state index contributed by atoms with van der Waals surface area (Å²) in [6.07, 6.45) is 3.08. The molecule has 0 aromatic heterocycles. The minimum absolute atomic E-state index is 0.0988. The number of para-hydroxylation sites is 1. The first-order valence-corrected chi connectivity index (χ1v) is 12.1. The number of carbonyl (C=O) groups is 1. The summed E-state index contributed by atoms with van der Waals surface area (Å²) < 4.78 is 32.7. The van der Waals surface area contributed by atoms with Gasteiger partial charge >= 0.3 is 0 Å². The maximum Gasteiger partial charge on any atom is 0.261 e. The quantitative estimate of drug-likeness (QED) is 0.363. The van der Waals surface area contributed by atoms with Gasteiger partial charge in [0.25, 0.3) is 5.91 Å².